The van der Waals surface area contributed by atoms with E-state index in [9.17, 15) is 39.3 Å². The van der Waals surface area contributed by atoms with Crippen LogP contribution in [0.1, 0.15) is 13.8 Å². The number of hydrogen-bond acceptors (Lipinski definition) is 10. The zero-order valence-corrected chi connectivity index (χ0v) is 11.8. The van der Waals surface area contributed by atoms with Crippen molar-refractivity contribution in [1.82, 2.24) is 0 Å². The van der Waals surface area contributed by atoms with Crippen LogP contribution in [0, 0.1) is 0 Å². The number of aldehydes is 1. The van der Waals surface area contributed by atoms with Crippen molar-refractivity contribution in [2.45, 2.75) is 38.3 Å². The maximum atomic E-state index is 11.2. The van der Waals surface area contributed by atoms with Crippen molar-refractivity contribution in [2.75, 3.05) is 6.61 Å². The van der Waals surface area contributed by atoms with Gasteiger partial charge in [-0.15, -0.1) is 0 Å². The third-order valence-corrected chi connectivity index (χ3v) is 2.41. The average Bonchev–Trinajstić information content (AvgIpc) is 2.47. The molecule has 0 radical (unpaired) electrons. The van der Waals surface area contributed by atoms with Crippen LogP contribution in [0.4, 0.5) is 0 Å². The number of carbonyl (C=O) groups is 5. The first-order valence-electron chi connectivity index (χ1n) is 6.00. The molecule has 0 aliphatic carbocycles. The molecule has 22 heavy (non-hydrogen) atoms. The number of carbonyl (C=O) groups excluding carboxylic acids is 5. The van der Waals surface area contributed by atoms with Gasteiger partial charge in [0.05, 0.1) is 0 Å². The summed E-state index contributed by atoms with van der Waals surface area (Å²) in [7, 11) is 0. The fourth-order valence-corrected chi connectivity index (χ4v) is 1.21. The molecule has 0 bridgehead atoms. The zero-order valence-electron chi connectivity index (χ0n) is 11.8. The second kappa shape index (κ2) is 8.97. The van der Waals surface area contributed by atoms with Crippen molar-refractivity contribution in [2.24, 2.45) is 0 Å². The number of rotatable bonds is 9. The van der Waals surface area contributed by atoms with E-state index in [1.807, 2.05) is 0 Å². The van der Waals surface area contributed by atoms with Crippen LogP contribution >= 0.6 is 0 Å². The molecule has 0 aromatic heterocycles. The number of aliphatic hydroxyl groups excluding tert-OH is 3. The van der Waals surface area contributed by atoms with Crippen molar-refractivity contribution < 1.29 is 48.8 Å². The maximum absolute atomic E-state index is 11.2. The maximum Gasteiger partial charge on any atom is 0.374 e. The summed E-state index contributed by atoms with van der Waals surface area (Å²) in [6.45, 7) is 0.883. The lowest BCUT2D eigenvalue weighted by atomic mass is 10.0. The summed E-state index contributed by atoms with van der Waals surface area (Å²) in [5.74, 6) is -4.76. The van der Waals surface area contributed by atoms with Gasteiger partial charge < -0.3 is 29.6 Å². The summed E-state index contributed by atoms with van der Waals surface area (Å²) in [6.07, 6.45) is -8.02. The van der Waals surface area contributed by atoms with E-state index in [-0.39, 0.29) is 6.29 Å². The molecule has 3 N–H and O–H groups in total. The third kappa shape index (κ3) is 6.08. The van der Waals surface area contributed by atoms with Gasteiger partial charge >= 0.3 is 11.9 Å². The van der Waals surface area contributed by atoms with E-state index in [0.29, 0.717) is 0 Å². The van der Waals surface area contributed by atoms with Crippen LogP contribution in [0.5, 0.6) is 0 Å². The Bertz CT molecular complexity index is 457. The Morgan fingerprint density at radius 3 is 1.91 bits per heavy atom. The fourth-order valence-electron chi connectivity index (χ4n) is 1.21. The van der Waals surface area contributed by atoms with Gasteiger partial charge in [0.15, 0.2) is 12.4 Å². The van der Waals surface area contributed by atoms with E-state index >= 15 is 0 Å². The van der Waals surface area contributed by atoms with E-state index in [2.05, 4.69) is 9.47 Å². The number of esters is 2. The van der Waals surface area contributed by atoms with E-state index in [1.54, 1.807) is 0 Å². The van der Waals surface area contributed by atoms with Crippen LogP contribution in [-0.2, 0) is 33.4 Å². The van der Waals surface area contributed by atoms with Gasteiger partial charge in [-0.2, -0.15) is 0 Å². The van der Waals surface area contributed by atoms with E-state index in [4.69, 9.17) is 0 Å². The molecule has 0 aromatic carbocycles. The minimum atomic E-state index is -2.08. The Hall–Kier alpha value is -2.17. The van der Waals surface area contributed by atoms with Crippen molar-refractivity contribution in [3.05, 3.63) is 0 Å². The lowest BCUT2D eigenvalue weighted by Crippen LogP contribution is -2.50. The highest BCUT2D eigenvalue weighted by atomic mass is 16.6. The zero-order chi connectivity index (χ0) is 17.4. The molecule has 0 aromatic rings. The molecule has 124 valence electrons. The molecule has 0 aliphatic rings. The first-order chi connectivity index (χ1) is 10.1. The summed E-state index contributed by atoms with van der Waals surface area (Å²) in [5.41, 5.74) is 0. The summed E-state index contributed by atoms with van der Waals surface area (Å²) >= 11 is 0. The van der Waals surface area contributed by atoms with Crippen LogP contribution in [0.3, 0.4) is 0 Å². The predicted octanol–water partition coefficient (Wildman–Crippen LogP) is -3.10. The minimum absolute atomic E-state index is 0.0897. The Morgan fingerprint density at radius 2 is 1.50 bits per heavy atom. The van der Waals surface area contributed by atoms with Gasteiger partial charge in [0.2, 0.25) is 11.6 Å². The average molecular weight is 320 g/mol. The Kier molecular flexibility index (Phi) is 8.09. The van der Waals surface area contributed by atoms with Gasteiger partial charge in [0.1, 0.15) is 24.9 Å². The molecular weight excluding hydrogens is 304 g/mol. The van der Waals surface area contributed by atoms with Crippen molar-refractivity contribution in [1.29, 1.82) is 0 Å². The highest BCUT2D eigenvalue weighted by Gasteiger charge is 2.36. The molecule has 0 spiro atoms. The van der Waals surface area contributed by atoms with Crippen molar-refractivity contribution in [3.63, 3.8) is 0 Å². The molecule has 4 unspecified atom stereocenters. The molecule has 0 rings (SSSR count). The number of hydrogen-bond donors (Lipinski definition) is 3. The van der Waals surface area contributed by atoms with Crippen LogP contribution < -0.4 is 0 Å². The van der Waals surface area contributed by atoms with Crippen LogP contribution in [0.15, 0.2) is 0 Å². The van der Waals surface area contributed by atoms with E-state index in [1.165, 1.54) is 0 Å². The summed E-state index contributed by atoms with van der Waals surface area (Å²) in [6, 6.07) is 0. The molecule has 0 saturated heterocycles. The highest BCUT2D eigenvalue weighted by molar-refractivity contribution is 6.32. The third-order valence-electron chi connectivity index (χ3n) is 2.41. The van der Waals surface area contributed by atoms with Gasteiger partial charge in [-0.1, -0.05) is 0 Å². The molecule has 0 saturated carbocycles. The first-order valence-corrected chi connectivity index (χ1v) is 6.00. The van der Waals surface area contributed by atoms with E-state index in [0.717, 1.165) is 13.8 Å². The molecule has 0 fully saturated rings. The van der Waals surface area contributed by atoms with Gasteiger partial charge in [-0.05, 0) is 0 Å². The quantitative estimate of drug-likeness (QED) is 0.225. The van der Waals surface area contributed by atoms with Gasteiger partial charge in [0, 0.05) is 13.8 Å². The van der Waals surface area contributed by atoms with Crippen molar-refractivity contribution in [3.8, 4) is 0 Å². The molecule has 10 heteroatoms. The fraction of sp³-hybridized carbons (Fsp3) is 0.583. The standard InChI is InChI=1S/C12H16O10/c1-5(14)11(19)21-4-8(17)10(9(18)7(16)3-13)22-12(20)6(2)15/h3,7-10,16-18H,4H2,1-2H3. The van der Waals surface area contributed by atoms with Crippen LogP contribution in [0.2, 0.25) is 0 Å². The molecule has 10 nitrogen and oxygen atoms in total. The smallest absolute Gasteiger partial charge is 0.374 e. The molecule has 0 aliphatic heterocycles. The Labute approximate surface area is 124 Å². The van der Waals surface area contributed by atoms with Gasteiger partial charge in [-0.3, -0.25) is 9.59 Å². The predicted molar refractivity (Wildman–Crippen MR) is 66.3 cm³/mol. The van der Waals surface area contributed by atoms with Gasteiger partial charge in [-0.25, -0.2) is 9.59 Å². The topological polar surface area (TPSA) is 164 Å². The lowest BCUT2D eigenvalue weighted by Gasteiger charge is -2.27. The molecule has 0 amide bonds. The summed E-state index contributed by atoms with van der Waals surface area (Å²) in [5, 5.41) is 28.5. The molecular formula is C12H16O10. The second-order valence-electron chi connectivity index (χ2n) is 4.27. The lowest BCUT2D eigenvalue weighted by molar-refractivity contribution is -0.181. The largest absolute Gasteiger partial charge is 0.457 e. The number of ether oxygens (including phenoxy) is 2. The number of Topliss-reactive ketones (excluding diaryl/α,β-unsaturated/α-hetero) is 2. The summed E-state index contributed by atoms with van der Waals surface area (Å²) in [4.78, 5) is 54.0. The minimum Gasteiger partial charge on any atom is -0.457 e. The Balaban J connectivity index is 5.00. The molecule has 4 atom stereocenters. The van der Waals surface area contributed by atoms with Crippen LogP contribution in [-0.4, -0.2) is 76.1 Å². The Morgan fingerprint density at radius 1 is 1.00 bits per heavy atom. The number of ketones is 2. The number of aliphatic hydroxyl groups is 3. The molecule has 0 heterocycles. The SMILES string of the molecule is CC(=O)C(=O)OCC(O)C(OC(=O)C(C)=O)C(O)C(O)C=O. The highest BCUT2D eigenvalue weighted by Crippen LogP contribution is 2.11. The first kappa shape index (κ1) is 19.8. The summed E-state index contributed by atoms with van der Waals surface area (Å²) < 4.78 is 8.82. The van der Waals surface area contributed by atoms with Crippen LogP contribution in [0.25, 0.3) is 0 Å². The van der Waals surface area contributed by atoms with Crippen molar-refractivity contribution >= 4 is 29.8 Å². The van der Waals surface area contributed by atoms with E-state index < -0.39 is 54.5 Å². The van der Waals surface area contributed by atoms with Gasteiger partial charge in [0.25, 0.3) is 0 Å². The monoisotopic (exact) mass is 320 g/mol. The normalized spacial score (nSPS) is 15.9. The second-order valence-corrected chi connectivity index (χ2v) is 4.27.